The number of rotatable bonds is 2. The second-order valence-corrected chi connectivity index (χ2v) is 5.04. The van der Waals surface area contributed by atoms with Gasteiger partial charge in [0.1, 0.15) is 11.5 Å². The van der Waals surface area contributed by atoms with E-state index in [0.29, 0.717) is 11.6 Å². The molecule has 3 rings (SSSR count). The van der Waals surface area contributed by atoms with E-state index in [-0.39, 0.29) is 25.5 Å². The van der Waals surface area contributed by atoms with Crippen molar-refractivity contribution in [1.82, 2.24) is 0 Å². The molecule has 24 heavy (non-hydrogen) atoms. The molecule has 2 aromatic carbocycles. The topological polar surface area (TPSA) is 15.6 Å². The average molecular weight is 515 g/mol. The number of anilines is 1. The standard InChI is InChI=1S/C16H10F5N2.Os/c17-11-6-7-13(12(18)8-11)23-14(10-4-2-1-3-5-10)9-15(22-23)16(19,20)21;/h2-8,14H,9H2;/q-1;+1/t14-;/m1./s1. The van der Waals surface area contributed by atoms with Crippen LogP contribution < -0.4 is 5.01 Å². The van der Waals surface area contributed by atoms with Crippen molar-refractivity contribution in [2.75, 3.05) is 5.01 Å². The van der Waals surface area contributed by atoms with Gasteiger partial charge in [0.2, 0.25) is 0 Å². The van der Waals surface area contributed by atoms with E-state index in [4.69, 9.17) is 0 Å². The Kier molecular flexibility index (Phi) is 5.39. The van der Waals surface area contributed by atoms with Crippen LogP contribution in [0.3, 0.4) is 0 Å². The molecule has 0 bridgehead atoms. The number of nitrogens with zero attached hydrogens (tertiary/aromatic N) is 2. The van der Waals surface area contributed by atoms with E-state index in [2.05, 4.69) is 11.2 Å². The Morgan fingerprint density at radius 1 is 1.08 bits per heavy atom. The molecule has 1 aliphatic rings. The van der Waals surface area contributed by atoms with Crippen molar-refractivity contribution in [2.45, 2.75) is 18.6 Å². The Bertz CT molecular complexity index is 746. The van der Waals surface area contributed by atoms with Crippen LogP contribution in [0.4, 0.5) is 27.6 Å². The molecule has 1 aliphatic heterocycles. The smallest absolute Gasteiger partial charge is 0.257 e. The maximum absolute atomic E-state index is 14.0. The summed E-state index contributed by atoms with van der Waals surface area (Å²) in [5, 5.41) is 4.48. The summed E-state index contributed by atoms with van der Waals surface area (Å²) >= 11 is 0. The van der Waals surface area contributed by atoms with Gasteiger partial charge in [-0.25, -0.2) is 8.78 Å². The minimum Gasteiger partial charge on any atom is -0.257 e. The first-order valence-corrected chi connectivity index (χ1v) is 6.71. The van der Waals surface area contributed by atoms with Gasteiger partial charge >= 0.3 is 26.0 Å². The van der Waals surface area contributed by atoms with Crippen LogP contribution in [0.2, 0.25) is 0 Å². The van der Waals surface area contributed by atoms with Crippen molar-refractivity contribution < 1.29 is 41.7 Å². The van der Waals surface area contributed by atoms with E-state index in [9.17, 15) is 22.0 Å². The summed E-state index contributed by atoms with van der Waals surface area (Å²) < 4.78 is 66.0. The van der Waals surface area contributed by atoms with Crippen LogP contribution in [0.1, 0.15) is 18.0 Å². The average Bonchev–Trinajstić information content (AvgIpc) is 2.93. The maximum Gasteiger partial charge on any atom is 1.00 e. The molecule has 0 saturated carbocycles. The molecule has 0 amide bonds. The number of halogens is 5. The van der Waals surface area contributed by atoms with Crippen LogP contribution in [-0.2, 0) is 19.8 Å². The van der Waals surface area contributed by atoms with E-state index in [1.807, 2.05) is 0 Å². The monoisotopic (exact) mass is 517 g/mol. The van der Waals surface area contributed by atoms with Gasteiger partial charge in [-0.1, -0.05) is 0 Å². The predicted molar refractivity (Wildman–Crippen MR) is 75.0 cm³/mol. The molecule has 2 nitrogen and oxygen atoms in total. The van der Waals surface area contributed by atoms with Crippen LogP contribution in [0.15, 0.2) is 47.6 Å². The van der Waals surface area contributed by atoms with Crippen molar-refractivity contribution in [3.8, 4) is 0 Å². The van der Waals surface area contributed by atoms with E-state index >= 15 is 0 Å². The van der Waals surface area contributed by atoms with Crippen LogP contribution >= 0.6 is 0 Å². The van der Waals surface area contributed by atoms with Crippen LogP contribution in [0.25, 0.3) is 0 Å². The van der Waals surface area contributed by atoms with Crippen molar-refractivity contribution in [3.05, 3.63) is 65.7 Å². The summed E-state index contributed by atoms with van der Waals surface area (Å²) in [6, 6.07) is 10.9. The second-order valence-electron chi connectivity index (χ2n) is 5.04. The predicted octanol–water partition coefficient (Wildman–Crippen LogP) is 4.63. The van der Waals surface area contributed by atoms with Crippen LogP contribution in [0, 0.1) is 17.7 Å². The van der Waals surface area contributed by atoms with E-state index in [0.717, 1.165) is 17.1 Å². The fourth-order valence-electron chi connectivity index (χ4n) is 2.45. The molecule has 0 fully saturated rings. The maximum atomic E-state index is 14.0. The number of hydrazone groups is 1. The first-order valence-electron chi connectivity index (χ1n) is 6.71. The van der Waals surface area contributed by atoms with E-state index in [1.165, 1.54) is 0 Å². The van der Waals surface area contributed by atoms with Gasteiger partial charge in [0, 0.05) is 12.5 Å². The minimum atomic E-state index is -4.61. The van der Waals surface area contributed by atoms with Crippen molar-refractivity contribution in [3.63, 3.8) is 0 Å². The summed E-state index contributed by atoms with van der Waals surface area (Å²) in [7, 11) is 0. The van der Waals surface area contributed by atoms with E-state index in [1.54, 1.807) is 24.3 Å². The molecule has 0 aliphatic carbocycles. The summed E-state index contributed by atoms with van der Waals surface area (Å²) in [5.41, 5.74) is -0.669. The van der Waals surface area contributed by atoms with Gasteiger partial charge < -0.3 is 0 Å². The second kappa shape index (κ2) is 6.98. The Morgan fingerprint density at radius 2 is 1.75 bits per heavy atom. The van der Waals surface area contributed by atoms with Gasteiger partial charge in [-0.05, 0) is 12.1 Å². The van der Waals surface area contributed by atoms with Gasteiger partial charge in [-0.15, -0.1) is 5.56 Å². The number of alkyl halides is 3. The number of benzene rings is 2. The molecular weight excluding hydrogens is 505 g/mol. The van der Waals surface area contributed by atoms with Gasteiger partial charge in [0.15, 0.2) is 5.82 Å². The molecule has 0 spiro atoms. The Morgan fingerprint density at radius 3 is 2.33 bits per heavy atom. The summed E-state index contributed by atoms with van der Waals surface area (Å²) in [5.74, 6) is -1.78. The van der Waals surface area contributed by atoms with Crippen LogP contribution in [-0.4, -0.2) is 11.9 Å². The fourth-order valence-corrected chi connectivity index (χ4v) is 2.45. The molecule has 0 saturated heterocycles. The van der Waals surface area contributed by atoms with Crippen molar-refractivity contribution in [1.29, 1.82) is 0 Å². The SMILES string of the molecule is Fc1ccc(N2N=C(C(F)(F)F)C[C@@H]2c2cc[c-]cc2)c(F)c1.[Os+]. The van der Waals surface area contributed by atoms with E-state index < -0.39 is 36.0 Å². The normalized spacial score (nSPS) is 17.5. The first kappa shape index (κ1) is 18.5. The molecule has 1 atom stereocenters. The number of hydrogen-bond donors (Lipinski definition) is 0. The van der Waals surface area contributed by atoms with Gasteiger partial charge in [0.25, 0.3) is 0 Å². The third-order valence-electron chi connectivity index (χ3n) is 3.52. The molecule has 8 heteroatoms. The summed E-state index contributed by atoms with van der Waals surface area (Å²) in [6.45, 7) is 0. The quantitative estimate of drug-likeness (QED) is 0.421. The molecule has 1 radical (unpaired) electrons. The molecular formula is C16H10F5N2Os. The Balaban J connectivity index is 0.00000208. The molecule has 127 valence electrons. The third-order valence-corrected chi connectivity index (χ3v) is 3.52. The van der Waals surface area contributed by atoms with Crippen LogP contribution in [0.5, 0.6) is 0 Å². The zero-order chi connectivity index (χ0) is 16.6. The van der Waals surface area contributed by atoms with Crippen molar-refractivity contribution in [2.24, 2.45) is 5.10 Å². The Labute approximate surface area is 148 Å². The third kappa shape index (κ3) is 3.64. The molecule has 2 aromatic rings. The zero-order valence-electron chi connectivity index (χ0n) is 12.0. The molecule has 0 N–H and O–H groups in total. The first-order chi connectivity index (χ1) is 10.9. The number of hydrogen-bond acceptors (Lipinski definition) is 2. The van der Waals surface area contributed by atoms with Gasteiger partial charge in [-0.3, -0.25) is 5.01 Å². The molecule has 1 heterocycles. The fraction of sp³-hybridized carbons (Fsp3) is 0.188. The summed E-state index contributed by atoms with van der Waals surface area (Å²) in [6.07, 6.45) is -5.02. The van der Waals surface area contributed by atoms with Gasteiger partial charge in [0.05, 0.1) is 11.7 Å². The molecule has 0 aromatic heterocycles. The van der Waals surface area contributed by atoms with Gasteiger partial charge in [-0.2, -0.15) is 48.6 Å². The zero-order valence-corrected chi connectivity index (χ0v) is 14.5. The van der Waals surface area contributed by atoms with Crippen molar-refractivity contribution >= 4 is 11.4 Å². The largest absolute Gasteiger partial charge is 1.00 e. The molecule has 0 unspecified atom stereocenters. The summed E-state index contributed by atoms with van der Waals surface area (Å²) in [4.78, 5) is 0. The minimum absolute atomic E-state index is 0. The Hall–Kier alpha value is -1.80.